The van der Waals surface area contributed by atoms with E-state index in [1.807, 2.05) is 6.92 Å². The van der Waals surface area contributed by atoms with Gasteiger partial charge < -0.3 is 10.1 Å². The van der Waals surface area contributed by atoms with Crippen LogP contribution in [0.25, 0.3) is 0 Å². The number of hydrogen-bond acceptors (Lipinski definition) is 3. The molecule has 0 saturated heterocycles. The van der Waals surface area contributed by atoms with Crippen LogP contribution in [-0.2, 0) is 9.53 Å². The molecular weight excluding hydrogens is 174 g/mol. The van der Waals surface area contributed by atoms with Crippen molar-refractivity contribution in [3.63, 3.8) is 0 Å². The molecule has 0 aromatic rings. The Bertz CT molecular complexity index is 120. The zero-order valence-corrected chi connectivity index (χ0v) is 8.40. The number of ether oxygens (including phenoxy) is 1. The second kappa shape index (κ2) is 8.87. The third-order valence-electron chi connectivity index (χ3n) is 1.33. The number of hydrogen-bond donors (Lipinski definition) is 2. The van der Waals surface area contributed by atoms with Gasteiger partial charge in [0.2, 0.25) is 5.91 Å². The lowest BCUT2D eigenvalue weighted by molar-refractivity contribution is -0.120. The summed E-state index contributed by atoms with van der Waals surface area (Å²) in [5.41, 5.74) is 0. The molecule has 1 amide bonds. The Morgan fingerprint density at radius 2 is 2.33 bits per heavy atom. The van der Waals surface area contributed by atoms with Gasteiger partial charge in [-0.25, -0.2) is 0 Å². The van der Waals surface area contributed by atoms with Crippen molar-refractivity contribution in [2.24, 2.45) is 0 Å². The van der Waals surface area contributed by atoms with Gasteiger partial charge in [0.1, 0.15) is 0 Å². The van der Waals surface area contributed by atoms with Crippen LogP contribution in [0.15, 0.2) is 0 Å². The van der Waals surface area contributed by atoms with Crippen LogP contribution in [0, 0.1) is 0 Å². The molecule has 0 aromatic heterocycles. The highest BCUT2D eigenvalue weighted by molar-refractivity contribution is 7.80. The minimum atomic E-state index is 0.0708. The number of thiol groups is 1. The first-order chi connectivity index (χ1) is 5.81. The van der Waals surface area contributed by atoms with Crippen LogP contribution < -0.4 is 5.32 Å². The molecule has 0 saturated carbocycles. The zero-order valence-electron chi connectivity index (χ0n) is 7.51. The summed E-state index contributed by atoms with van der Waals surface area (Å²) >= 11 is 3.95. The van der Waals surface area contributed by atoms with E-state index in [-0.39, 0.29) is 5.91 Å². The normalized spacial score (nSPS) is 9.83. The van der Waals surface area contributed by atoms with E-state index in [1.165, 1.54) is 0 Å². The topological polar surface area (TPSA) is 38.3 Å². The third-order valence-corrected chi connectivity index (χ3v) is 1.55. The fourth-order valence-corrected chi connectivity index (χ4v) is 0.939. The van der Waals surface area contributed by atoms with Gasteiger partial charge in [0, 0.05) is 26.2 Å². The van der Waals surface area contributed by atoms with Gasteiger partial charge in [-0.05, 0) is 19.1 Å². The zero-order chi connectivity index (χ0) is 9.23. The van der Waals surface area contributed by atoms with Crippen LogP contribution in [0.5, 0.6) is 0 Å². The molecule has 12 heavy (non-hydrogen) atoms. The third kappa shape index (κ3) is 7.88. The highest BCUT2D eigenvalue weighted by Gasteiger charge is 1.96. The maximum Gasteiger partial charge on any atom is 0.220 e. The molecule has 3 nitrogen and oxygen atoms in total. The van der Waals surface area contributed by atoms with Crippen LogP contribution in [0.2, 0.25) is 0 Å². The maximum atomic E-state index is 10.9. The van der Waals surface area contributed by atoms with Crippen molar-refractivity contribution in [3.05, 3.63) is 0 Å². The molecule has 0 aromatic carbocycles. The molecule has 0 atom stereocenters. The lowest BCUT2D eigenvalue weighted by atomic mass is 10.4. The Morgan fingerprint density at radius 3 is 2.92 bits per heavy atom. The molecule has 0 heterocycles. The number of rotatable bonds is 7. The van der Waals surface area contributed by atoms with Gasteiger partial charge in [-0.2, -0.15) is 12.6 Å². The van der Waals surface area contributed by atoms with Crippen molar-refractivity contribution in [2.45, 2.75) is 19.8 Å². The number of carbonyl (C=O) groups excluding carboxylic acids is 1. The van der Waals surface area contributed by atoms with Crippen molar-refractivity contribution in [1.29, 1.82) is 0 Å². The molecule has 0 spiro atoms. The van der Waals surface area contributed by atoms with Crippen LogP contribution in [0.3, 0.4) is 0 Å². The smallest absolute Gasteiger partial charge is 0.220 e. The average Bonchev–Trinajstić information content (AvgIpc) is 2.05. The Balaban J connectivity index is 3.03. The fourth-order valence-electron chi connectivity index (χ4n) is 0.736. The second-order valence-electron chi connectivity index (χ2n) is 2.37. The van der Waals surface area contributed by atoms with Gasteiger partial charge in [-0.15, -0.1) is 0 Å². The molecule has 0 bridgehead atoms. The molecule has 1 N–H and O–H groups in total. The molecule has 0 unspecified atom stereocenters. The summed E-state index contributed by atoms with van der Waals surface area (Å²) in [6.45, 7) is 4.12. The van der Waals surface area contributed by atoms with Crippen molar-refractivity contribution < 1.29 is 9.53 Å². The first-order valence-electron chi connectivity index (χ1n) is 4.26. The summed E-state index contributed by atoms with van der Waals surface area (Å²) in [5, 5.41) is 2.77. The monoisotopic (exact) mass is 191 g/mol. The van der Waals surface area contributed by atoms with Crippen LogP contribution in [-0.4, -0.2) is 31.4 Å². The standard InChI is InChI=1S/C8H17NO2S/c1-2-11-6-3-5-9-8(10)4-7-12/h12H,2-7H2,1H3,(H,9,10). The van der Waals surface area contributed by atoms with Crippen LogP contribution in [0.1, 0.15) is 19.8 Å². The summed E-state index contributed by atoms with van der Waals surface area (Å²) in [6, 6.07) is 0. The molecule has 0 aliphatic carbocycles. The minimum absolute atomic E-state index is 0.0708. The molecule has 0 radical (unpaired) electrons. The van der Waals surface area contributed by atoms with E-state index in [2.05, 4.69) is 17.9 Å². The highest BCUT2D eigenvalue weighted by atomic mass is 32.1. The molecule has 4 heteroatoms. The van der Waals surface area contributed by atoms with Crippen LogP contribution in [0.4, 0.5) is 0 Å². The number of nitrogens with one attached hydrogen (secondary N) is 1. The maximum absolute atomic E-state index is 10.9. The van der Waals surface area contributed by atoms with Crippen LogP contribution >= 0.6 is 12.6 Å². The molecule has 0 rings (SSSR count). The predicted molar refractivity (Wildman–Crippen MR) is 52.6 cm³/mol. The summed E-state index contributed by atoms with van der Waals surface area (Å²) in [4.78, 5) is 10.9. The van der Waals surface area contributed by atoms with E-state index in [0.717, 1.165) is 19.6 Å². The Labute approximate surface area is 79.3 Å². The van der Waals surface area contributed by atoms with E-state index in [4.69, 9.17) is 4.74 Å². The summed E-state index contributed by atoms with van der Waals surface area (Å²) < 4.78 is 5.11. The molecule has 0 fully saturated rings. The lowest BCUT2D eigenvalue weighted by Gasteiger charge is -2.03. The SMILES string of the molecule is CCOCCCNC(=O)CCS. The largest absolute Gasteiger partial charge is 0.382 e. The highest BCUT2D eigenvalue weighted by Crippen LogP contribution is 1.84. The van der Waals surface area contributed by atoms with E-state index in [9.17, 15) is 4.79 Å². The Kier molecular flexibility index (Phi) is 8.71. The summed E-state index contributed by atoms with van der Waals surface area (Å²) in [7, 11) is 0. The van der Waals surface area contributed by atoms with Gasteiger partial charge in [-0.3, -0.25) is 4.79 Å². The first-order valence-corrected chi connectivity index (χ1v) is 4.89. The van der Waals surface area contributed by atoms with Gasteiger partial charge in [0.05, 0.1) is 0 Å². The van der Waals surface area contributed by atoms with Gasteiger partial charge >= 0.3 is 0 Å². The average molecular weight is 191 g/mol. The summed E-state index contributed by atoms with van der Waals surface area (Å²) in [6.07, 6.45) is 1.38. The molecule has 0 aliphatic heterocycles. The quantitative estimate of drug-likeness (QED) is 0.462. The van der Waals surface area contributed by atoms with Gasteiger partial charge in [0.15, 0.2) is 0 Å². The lowest BCUT2D eigenvalue weighted by Crippen LogP contribution is -2.25. The summed E-state index contributed by atoms with van der Waals surface area (Å²) in [5.74, 6) is 0.679. The fraction of sp³-hybridized carbons (Fsp3) is 0.875. The van der Waals surface area contributed by atoms with E-state index < -0.39 is 0 Å². The van der Waals surface area contributed by atoms with E-state index in [0.29, 0.717) is 18.7 Å². The Morgan fingerprint density at radius 1 is 1.58 bits per heavy atom. The van der Waals surface area contributed by atoms with Crippen molar-refractivity contribution in [2.75, 3.05) is 25.5 Å². The molecular formula is C8H17NO2S. The van der Waals surface area contributed by atoms with E-state index >= 15 is 0 Å². The van der Waals surface area contributed by atoms with Gasteiger partial charge in [0.25, 0.3) is 0 Å². The molecule has 72 valence electrons. The number of amides is 1. The predicted octanol–water partition coefficient (Wildman–Crippen LogP) is 0.849. The van der Waals surface area contributed by atoms with Crippen molar-refractivity contribution in [1.82, 2.24) is 5.32 Å². The minimum Gasteiger partial charge on any atom is -0.382 e. The van der Waals surface area contributed by atoms with E-state index in [1.54, 1.807) is 0 Å². The van der Waals surface area contributed by atoms with Crippen molar-refractivity contribution >= 4 is 18.5 Å². The second-order valence-corrected chi connectivity index (χ2v) is 2.82. The Hall–Kier alpha value is -0.220. The van der Waals surface area contributed by atoms with Crippen molar-refractivity contribution in [3.8, 4) is 0 Å². The first kappa shape index (κ1) is 11.8. The van der Waals surface area contributed by atoms with Gasteiger partial charge in [-0.1, -0.05) is 0 Å². The number of carbonyl (C=O) groups is 1. The molecule has 0 aliphatic rings.